The van der Waals surface area contributed by atoms with Crippen molar-refractivity contribution in [1.29, 1.82) is 0 Å². The van der Waals surface area contributed by atoms with E-state index in [1.54, 1.807) is 0 Å². The summed E-state index contributed by atoms with van der Waals surface area (Å²) in [7, 11) is 0. The van der Waals surface area contributed by atoms with Gasteiger partial charge in [0.25, 0.3) is 0 Å². The summed E-state index contributed by atoms with van der Waals surface area (Å²) in [6, 6.07) is 0. The number of hydrogen-bond donors (Lipinski definition) is 4. The zero-order valence-corrected chi connectivity index (χ0v) is 11.4. The third-order valence-corrected chi connectivity index (χ3v) is 4.33. The number of hydrogen-bond acceptors (Lipinski definition) is 9. The molecule has 10 heteroatoms. The minimum Gasteiger partial charge on any atom is -0.391 e. The lowest BCUT2D eigenvalue weighted by atomic mass is 10.1. The number of aliphatic hydroxyl groups excluding tert-OH is 1. The minimum absolute atomic E-state index is 0.137. The highest BCUT2D eigenvalue weighted by Crippen LogP contribution is 2.61. The van der Waals surface area contributed by atoms with Gasteiger partial charge in [0, 0.05) is 0 Å². The van der Waals surface area contributed by atoms with Gasteiger partial charge in [0.05, 0.1) is 12.4 Å². The summed E-state index contributed by atoms with van der Waals surface area (Å²) in [5.74, 6) is -0.663. The first-order valence-corrected chi connectivity index (χ1v) is 6.59. The van der Waals surface area contributed by atoms with Gasteiger partial charge in [0.1, 0.15) is 17.9 Å². The zero-order chi connectivity index (χ0) is 15.9. The summed E-state index contributed by atoms with van der Waals surface area (Å²) in [4.78, 5) is 23.8. The molecule has 1 saturated heterocycles. The van der Waals surface area contributed by atoms with E-state index in [-0.39, 0.29) is 17.0 Å². The largest absolute Gasteiger partial charge is 0.391 e. The second-order valence-corrected chi connectivity index (χ2v) is 5.59. The molecule has 0 amide bonds. The monoisotopic (exact) mass is 307 g/mol. The second-order valence-electron chi connectivity index (χ2n) is 5.59. The van der Waals surface area contributed by atoms with Crippen LogP contribution in [-0.4, -0.2) is 64.0 Å². The summed E-state index contributed by atoms with van der Waals surface area (Å²) < 4.78 is 6.80. The van der Waals surface area contributed by atoms with Crippen LogP contribution in [0.15, 0.2) is 12.7 Å². The van der Waals surface area contributed by atoms with Crippen molar-refractivity contribution in [2.45, 2.75) is 36.6 Å². The first-order valence-electron chi connectivity index (χ1n) is 6.59. The highest BCUT2D eigenvalue weighted by atomic mass is 16.6. The molecule has 2 aliphatic rings. The summed E-state index contributed by atoms with van der Waals surface area (Å²) >= 11 is 0. The van der Waals surface area contributed by atoms with Crippen LogP contribution in [0.25, 0.3) is 11.2 Å². The molecule has 4 rings (SSSR count). The molecule has 116 valence electrons. The van der Waals surface area contributed by atoms with Crippen molar-refractivity contribution in [3.63, 3.8) is 0 Å². The SMILES string of the molecule is C[C@H](O)[C@H]1O[C@@H](n2cnc3c(N)ncnc32)[C@@]2(O)C(=O)[C@@]12O. The number of carbonyl (C=O) groups is 1. The number of fused-ring (bicyclic) bond motifs is 2. The number of carbonyl (C=O) groups excluding carboxylic acids is 1. The van der Waals surface area contributed by atoms with Crippen LogP contribution in [0.3, 0.4) is 0 Å². The minimum atomic E-state index is -2.15. The Balaban J connectivity index is 1.86. The quantitative estimate of drug-likeness (QED) is 0.480. The van der Waals surface area contributed by atoms with E-state index in [9.17, 15) is 20.1 Å². The molecule has 0 bridgehead atoms. The molecule has 2 aromatic heterocycles. The number of ketones is 1. The molecule has 0 radical (unpaired) electrons. The molecule has 1 aliphatic carbocycles. The molecule has 1 saturated carbocycles. The standard InChI is InChI=1S/C12H13N5O5/c1-4(18)6-11(20)9(19)12(11,21)10(22-6)17-3-16-5-7(13)14-2-15-8(5)17/h2-4,6,10,18,20-21H,1H3,(H2,13,14,15)/t4-,6+,10+,11-,12-/m0/s1. The fourth-order valence-electron chi connectivity index (χ4n) is 3.14. The molecular formula is C12H13N5O5. The van der Waals surface area contributed by atoms with Crippen LogP contribution < -0.4 is 5.73 Å². The number of anilines is 1. The van der Waals surface area contributed by atoms with Gasteiger partial charge in [0.2, 0.25) is 11.4 Å². The molecule has 5 N–H and O–H groups in total. The van der Waals surface area contributed by atoms with Crippen molar-refractivity contribution < 1.29 is 24.9 Å². The molecule has 22 heavy (non-hydrogen) atoms. The average molecular weight is 307 g/mol. The number of aliphatic hydroxyl groups is 3. The number of nitrogens with zero attached hydrogens (tertiary/aromatic N) is 4. The van der Waals surface area contributed by atoms with Gasteiger partial charge < -0.3 is 25.8 Å². The van der Waals surface area contributed by atoms with Crippen molar-refractivity contribution in [3.05, 3.63) is 12.7 Å². The molecule has 5 atom stereocenters. The summed E-state index contributed by atoms with van der Waals surface area (Å²) in [5, 5.41) is 30.6. The Kier molecular flexibility index (Phi) is 2.33. The van der Waals surface area contributed by atoms with Gasteiger partial charge in [-0.15, -0.1) is 0 Å². The highest BCUT2D eigenvalue weighted by Gasteiger charge is 2.90. The number of nitrogen functional groups attached to an aromatic ring is 1. The molecule has 0 unspecified atom stereocenters. The van der Waals surface area contributed by atoms with E-state index < -0.39 is 35.4 Å². The van der Waals surface area contributed by atoms with Gasteiger partial charge >= 0.3 is 0 Å². The summed E-state index contributed by atoms with van der Waals surface area (Å²) in [5.41, 5.74) is 1.93. The van der Waals surface area contributed by atoms with Crippen LogP contribution in [0, 0.1) is 0 Å². The van der Waals surface area contributed by atoms with Crippen LogP contribution in [-0.2, 0) is 9.53 Å². The fraction of sp³-hybridized carbons (Fsp3) is 0.500. The van der Waals surface area contributed by atoms with Crippen LogP contribution >= 0.6 is 0 Å². The first-order chi connectivity index (χ1) is 10.3. The van der Waals surface area contributed by atoms with Gasteiger partial charge in [-0.2, -0.15) is 0 Å². The maximum atomic E-state index is 12.0. The maximum Gasteiger partial charge on any atom is 0.210 e. The average Bonchev–Trinajstić information content (AvgIpc) is 2.84. The normalized spacial score (nSPS) is 38.3. The zero-order valence-electron chi connectivity index (χ0n) is 11.4. The Morgan fingerprint density at radius 2 is 2.09 bits per heavy atom. The van der Waals surface area contributed by atoms with Gasteiger partial charge in [0.15, 0.2) is 23.3 Å². The number of nitrogens with two attached hydrogens (primary N) is 1. The van der Waals surface area contributed by atoms with Crippen molar-refractivity contribution in [3.8, 4) is 0 Å². The summed E-state index contributed by atoms with van der Waals surface area (Å²) in [6.07, 6.45) is -1.16. The van der Waals surface area contributed by atoms with E-state index in [1.807, 2.05) is 0 Å². The molecule has 0 aromatic carbocycles. The van der Waals surface area contributed by atoms with Crippen molar-refractivity contribution >= 4 is 22.8 Å². The van der Waals surface area contributed by atoms with E-state index in [0.717, 1.165) is 0 Å². The lowest BCUT2D eigenvalue weighted by Gasteiger charge is -2.22. The lowest BCUT2D eigenvalue weighted by molar-refractivity contribution is -0.147. The number of rotatable bonds is 2. The Morgan fingerprint density at radius 3 is 2.73 bits per heavy atom. The van der Waals surface area contributed by atoms with E-state index in [4.69, 9.17) is 10.5 Å². The van der Waals surface area contributed by atoms with Gasteiger partial charge in [-0.3, -0.25) is 9.36 Å². The van der Waals surface area contributed by atoms with Crippen LogP contribution in [0.4, 0.5) is 5.82 Å². The van der Waals surface area contributed by atoms with Gasteiger partial charge in [-0.05, 0) is 6.92 Å². The number of aromatic nitrogens is 4. The predicted molar refractivity (Wildman–Crippen MR) is 70.2 cm³/mol. The third kappa shape index (κ3) is 1.24. The Labute approximate surface area is 123 Å². The van der Waals surface area contributed by atoms with Crippen molar-refractivity contribution in [2.75, 3.05) is 5.73 Å². The van der Waals surface area contributed by atoms with E-state index in [1.165, 1.54) is 24.1 Å². The van der Waals surface area contributed by atoms with Crippen LogP contribution in [0.1, 0.15) is 13.2 Å². The van der Waals surface area contributed by atoms with Crippen molar-refractivity contribution in [2.24, 2.45) is 0 Å². The smallest absolute Gasteiger partial charge is 0.210 e. The van der Waals surface area contributed by atoms with E-state index >= 15 is 0 Å². The first kappa shape index (κ1) is 13.5. The van der Waals surface area contributed by atoms with E-state index in [2.05, 4.69) is 15.0 Å². The van der Waals surface area contributed by atoms with Crippen LogP contribution in [0.2, 0.25) is 0 Å². The number of Topliss-reactive ketones (excluding diaryl/α,β-unsaturated/α-hetero) is 1. The second kappa shape index (κ2) is 3.79. The highest BCUT2D eigenvalue weighted by molar-refractivity contribution is 6.16. The van der Waals surface area contributed by atoms with E-state index in [0.29, 0.717) is 0 Å². The number of ether oxygens (including phenoxy) is 1. The molecule has 0 spiro atoms. The topological polar surface area (TPSA) is 157 Å². The maximum absolute atomic E-state index is 12.0. The third-order valence-electron chi connectivity index (χ3n) is 4.33. The van der Waals surface area contributed by atoms with Crippen LogP contribution in [0.5, 0.6) is 0 Å². The Hall–Kier alpha value is -2.14. The molecule has 2 aromatic rings. The molecule has 10 nitrogen and oxygen atoms in total. The lowest BCUT2D eigenvalue weighted by Crippen LogP contribution is -2.39. The molecule has 1 aliphatic heterocycles. The Bertz CT molecular complexity index is 806. The molecular weight excluding hydrogens is 294 g/mol. The molecule has 2 fully saturated rings. The predicted octanol–water partition coefficient (Wildman–Crippen LogP) is -2.27. The molecule has 3 heterocycles. The number of imidazole rings is 1. The van der Waals surface area contributed by atoms with Gasteiger partial charge in [-0.25, -0.2) is 15.0 Å². The van der Waals surface area contributed by atoms with Gasteiger partial charge in [-0.1, -0.05) is 0 Å². The fourth-order valence-corrected chi connectivity index (χ4v) is 3.14. The van der Waals surface area contributed by atoms with Crippen molar-refractivity contribution in [1.82, 2.24) is 19.5 Å². The summed E-state index contributed by atoms with van der Waals surface area (Å²) in [6.45, 7) is 1.36. The Morgan fingerprint density at radius 1 is 1.36 bits per heavy atom.